The van der Waals surface area contributed by atoms with E-state index in [1.54, 1.807) is 30.5 Å². The number of nitrogens with zero attached hydrogens (tertiary/aromatic N) is 2. The van der Waals surface area contributed by atoms with Crippen LogP contribution in [0.4, 0.5) is 5.69 Å². The first-order valence-corrected chi connectivity index (χ1v) is 9.99. The van der Waals surface area contributed by atoms with Gasteiger partial charge >= 0.3 is 0 Å². The predicted octanol–water partition coefficient (Wildman–Crippen LogP) is 4.66. The first-order chi connectivity index (χ1) is 14.2. The molecule has 156 valence electrons. The summed E-state index contributed by atoms with van der Waals surface area (Å²) < 4.78 is 1.86. The van der Waals surface area contributed by atoms with Gasteiger partial charge in [0.2, 0.25) is 5.91 Å². The van der Waals surface area contributed by atoms with E-state index in [2.05, 4.69) is 15.7 Å². The van der Waals surface area contributed by atoms with E-state index in [-0.39, 0.29) is 17.9 Å². The maximum atomic E-state index is 12.8. The van der Waals surface area contributed by atoms with Crippen LogP contribution in [0.5, 0.6) is 0 Å². The Bertz CT molecular complexity index is 1050. The number of rotatable bonds is 5. The van der Waals surface area contributed by atoms with Gasteiger partial charge in [0.05, 0.1) is 17.9 Å². The summed E-state index contributed by atoms with van der Waals surface area (Å²) in [7, 11) is 0. The Morgan fingerprint density at radius 3 is 2.40 bits per heavy atom. The normalized spacial score (nSPS) is 12.3. The molecular formula is C24H28N4O2. The van der Waals surface area contributed by atoms with E-state index in [1.165, 1.54) is 0 Å². The van der Waals surface area contributed by atoms with Crippen molar-refractivity contribution in [1.29, 1.82) is 0 Å². The summed E-state index contributed by atoms with van der Waals surface area (Å²) in [5, 5.41) is 10.4. The maximum absolute atomic E-state index is 12.8. The molecule has 0 aliphatic rings. The fraction of sp³-hybridized carbons (Fsp3) is 0.292. The van der Waals surface area contributed by atoms with Gasteiger partial charge in [0.15, 0.2) is 0 Å². The van der Waals surface area contributed by atoms with Gasteiger partial charge in [-0.15, -0.1) is 0 Å². The Hall–Kier alpha value is -3.41. The Kier molecular flexibility index (Phi) is 6.06. The highest BCUT2D eigenvalue weighted by Crippen LogP contribution is 2.22. The summed E-state index contributed by atoms with van der Waals surface area (Å²) in [6.45, 7) is 9.46. The molecule has 2 aromatic carbocycles. The van der Waals surface area contributed by atoms with Crippen molar-refractivity contribution in [3.05, 3.63) is 77.6 Å². The van der Waals surface area contributed by atoms with Crippen molar-refractivity contribution in [2.24, 2.45) is 5.41 Å². The molecule has 0 aliphatic heterocycles. The van der Waals surface area contributed by atoms with Crippen LogP contribution >= 0.6 is 0 Å². The molecule has 30 heavy (non-hydrogen) atoms. The summed E-state index contributed by atoms with van der Waals surface area (Å²) in [5.41, 5.74) is 3.47. The van der Waals surface area contributed by atoms with Crippen LogP contribution in [0.25, 0.3) is 5.69 Å². The lowest BCUT2D eigenvalue weighted by Gasteiger charge is -2.18. The molecule has 0 bridgehead atoms. The quantitative estimate of drug-likeness (QED) is 0.650. The van der Waals surface area contributed by atoms with E-state index in [4.69, 9.17) is 0 Å². The molecule has 0 aliphatic carbocycles. The fourth-order valence-corrected chi connectivity index (χ4v) is 3.09. The van der Waals surface area contributed by atoms with Crippen molar-refractivity contribution in [2.75, 3.05) is 5.32 Å². The number of amides is 2. The van der Waals surface area contributed by atoms with Gasteiger partial charge in [0.25, 0.3) is 5.91 Å². The van der Waals surface area contributed by atoms with Crippen molar-refractivity contribution in [2.45, 2.75) is 40.7 Å². The second-order valence-corrected chi connectivity index (χ2v) is 8.41. The van der Waals surface area contributed by atoms with Crippen LogP contribution in [0.1, 0.15) is 55.4 Å². The SMILES string of the molecule is Cc1c(C(C)NC(=O)c2cccc(NC(=O)C(C)(C)C)c2)cnn1-c1ccccc1. The minimum atomic E-state index is -0.511. The first kappa shape index (κ1) is 21.3. The number of aromatic nitrogens is 2. The smallest absolute Gasteiger partial charge is 0.251 e. The van der Waals surface area contributed by atoms with E-state index in [0.29, 0.717) is 11.3 Å². The third-order valence-electron chi connectivity index (χ3n) is 4.93. The maximum Gasteiger partial charge on any atom is 0.251 e. The number of carbonyl (C=O) groups excluding carboxylic acids is 2. The summed E-state index contributed by atoms with van der Waals surface area (Å²) in [6, 6.07) is 16.6. The third kappa shape index (κ3) is 4.76. The zero-order valence-electron chi connectivity index (χ0n) is 18.1. The number of hydrogen-bond acceptors (Lipinski definition) is 3. The van der Waals surface area contributed by atoms with Gasteiger partial charge in [0.1, 0.15) is 0 Å². The predicted molar refractivity (Wildman–Crippen MR) is 119 cm³/mol. The number of nitrogens with one attached hydrogen (secondary N) is 2. The summed E-state index contributed by atoms with van der Waals surface area (Å²) in [4.78, 5) is 25.0. The van der Waals surface area contributed by atoms with Gasteiger partial charge in [-0.1, -0.05) is 45.0 Å². The molecular weight excluding hydrogens is 376 g/mol. The highest BCUT2D eigenvalue weighted by molar-refractivity contribution is 5.98. The molecule has 1 aromatic heterocycles. The van der Waals surface area contributed by atoms with E-state index in [9.17, 15) is 9.59 Å². The van der Waals surface area contributed by atoms with Crippen LogP contribution in [0, 0.1) is 12.3 Å². The molecule has 1 unspecified atom stereocenters. The number of para-hydroxylation sites is 1. The monoisotopic (exact) mass is 404 g/mol. The van der Waals surface area contributed by atoms with Crippen molar-refractivity contribution in [3.8, 4) is 5.69 Å². The molecule has 0 radical (unpaired) electrons. The molecule has 0 saturated carbocycles. The van der Waals surface area contributed by atoms with Gasteiger partial charge in [-0.25, -0.2) is 4.68 Å². The minimum Gasteiger partial charge on any atom is -0.345 e. The summed E-state index contributed by atoms with van der Waals surface area (Å²) >= 11 is 0. The third-order valence-corrected chi connectivity index (χ3v) is 4.93. The fourth-order valence-electron chi connectivity index (χ4n) is 3.09. The summed E-state index contributed by atoms with van der Waals surface area (Å²) in [6.07, 6.45) is 1.78. The highest BCUT2D eigenvalue weighted by Gasteiger charge is 2.22. The molecule has 0 spiro atoms. The van der Waals surface area contributed by atoms with Crippen LogP contribution in [0.15, 0.2) is 60.8 Å². The number of carbonyl (C=O) groups is 2. The van der Waals surface area contributed by atoms with Crippen LogP contribution in [0.3, 0.4) is 0 Å². The Labute approximate surface area is 177 Å². The molecule has 1 heterocycles. The number of anilines is 1. The Morgan fingerprint density at radius 2 is 1.73 bits per heavy atom. The Balaban J connectivity index is 1.73. The molecule has 2 amide bonds. The second-order valence-electron chi connectivity index (χ2n) is 8.41. The van der Waals surface area contributed by atoms with E-state index in [0.717, 1.165) is 16.9 Å². The molecule has 3 aromatic rings. The lowest BCUT2D eigenvalue weighted by molar-refractivity contribution is -0.123. The second kappa shape index (κ2) is 8.53. The molecule has 3 rings (SSSR count). The van der Waals surface area contributed by atoms with E-state index in [1.807, 2.05) is 69.6 Å². The van der Waals surface area contributed by atoms with Crippen molar-refractivity contribution < 1.29 is 9.59 Å². The Morgan fingerprint density at radius 1 is 1.03 bits per heavy atom. The van der Waals surface area contributed by atoms with Crippen molar-refractivity contribution in [3.63, 3.8) is 0 Å². The molecule has 6 nitrogen and oxygen atoms in total. The van der Waals surface area contributed by atoms with Gasteiger partial charge in [-0.2, -0.15) is 5.10 Å². The summed E-state index contributed by atoms with van der Waals surface area (Å²) in [5.74, 6) is -0.307. The average molecular weight is 405 g/mol. The van der Waals surface area contributed by atoms with Gasteiger partial charge < -0.3 is 10.6 Å². The lowest BCUT2D eigenvalue weighted by Crippen LogP contribution is -2.28. The largest absolute Gasteiger partial charge is 0.345 e. The molecule has 2 N–H and O–H groups in total. The van der Waals surface area contributed by atoms with Crippen molar-refractivity contribution >= 4 is 17.5 Å². The molecule has 0 saturated heterocycles. The molecule has 6 heteroatoms. The van der Waals surface area contributed by atoms with Gasteiger partial charge in [-0.05, 0) is 44.2 Å². The first-order valence-electron chi connectivity index (χ1n) is 9.99. The van der Waals surface area contributed by atoms with Crippen LogP contribution in [-0.2, 0) is 4.79 Å². The highest BCUT2D eigenvalue weighted by atomic mass is 16.2. The lowest BCUT2D eigenvalue weighted by atomic mass is 9.95. The van der Waals surface area contributed by atoms with E-state index >= 15 is 0 Å². The molecule has 1 atom stereocenters. The van der Waals surface area contributed by atoms with Crippen LogP contribution in [-0.4, -0.2) is 21.6 Å². The van der Waals surface area contributed by atoms with Gasteiger partial charge in [-0.3, -0.25) is 9.59 Å². The zero-order chi connectivity index (χ0) is 21.9. The van der Waals surface area contributed by atoms with Crippen molar-refractivity contribution in [1.82, 2.24) is 15.1 Å². The topological polar surface area (TPSA) is 76.0 Å². The standard InChI is InChI=1S/C24H28N4O2/c1-16(21-15-25-28(17(21)2)20-12-7-6-8-13-20)26-22(29)18-10-9-11-19(14-18)27-23(30)24(3,4)5/h6-16H,1-5H3,(H,26,29)(H,27,30). The minimum absolute atomic E-state index is 0.0997. The number of benzene rings is 2. The van der Waals surface area contributed by atoms with Crippen LogP contribution < -0.4 is 10.6 Å². The average Bonchev–Trinajstić information content (AvgIpc) is 3.09. The van der Waals surface area contributed by atoms with Gasteiger partial charge in [0, 0.05) is 27.9 Å². The molecule has 0 fully saturated rings. The zero-order valence-corrected chi connectivity index (χ0v) is 18.1. The van der Waals surface area contributed by atoms with E-state index < -0.39 is 5.41 Å². The van der Waals surface area contributed by atoms with Crippen LogP contribution in [0.2, 0.25) is 0 Å². The number of hydrogen-bond donors (Lipinski definition) is 2.